The Morgan fingerprint density at radius 2 is 1.65 bits per heavy atom. The van der Waals surface area contributed by atoms with E-state index < -0.39 is 15.9 Å². The van der Waals surface area contributed by atoms with Gasteiger partial charge in [0.1, 0.15) is 5.75 Å². The first-order valence-electron chi connectivity index (χ1n) is 9.17. The summed E-state index contributed by atoms with van der Waals surface area (Å²) < 4.78 is 32.4. The van der Waals surface area contributed by atoms with Gasteiger partial charge in [0.15, 0.2) is 0 Å². The van der Waals surface area contributed by atoms with E-state index >= 15 is 0 Å². The quantitative estimate of drug-likeness (QED) is 0.531. The van der Waals surface area contributed by atoms with E-state index in [1.54, 1.807) is 48.5 Å². The number of methoxy groups -OCH3 is 1. The van der Waals surface area contributed by atoms with Gasteiger partial charge in [0.25, 0.3) is 15.9 Å². The van der Waals surface area contributed by atoms with Crippen molar-refractivity contribution in [3.63, 3.8) is 0 Å². The molecule has 0 atom stereocenters. The van der Waals surface area contributed by atoms with E-state index in [0.29, 0.717) is 16.5 Å². The molecule has 3 aromatic carbocycles. The summed E-state index contributed by atoms with van der Waals surface area (Å²) in [6.45, 7) is 0.245. The second-order valence-electron chi connectivity index (χ2n) is 6.62. The number of anilines is 1. The molecule has 0 aliphatic rings. The number of halogens is 2. The molecule has 0 aliphatic heterocycles. The number of ether oxygens (including phenoxy) is 1. The van der Waals surface area contributed by atoms with Gasteiger partial charge in [-0.3, -0.25) is 9.10 Å². The van der Waals surface area contributed by atoms with Gasteiger partial charge in [-0.05, 0) is 60.2 Å². The van der Waals surface area contributed by atoms with Crippen LogP contribution in [0.4, 0.5) is 5.69 Å². The van der Waals surface area contributed by atoms with E-state index in [-0.39, 0.29) is 22.0 Å². The second kappa shape index (κ2) is 9.60. The number of sulfonamides is 1. The molecule has 162 valence electrons. The van der Waals surface area contributed by atoms with Crippen LogP contribution in [0.15, 0.2) is 71.6 Å². The van der Waals surface area contributed by atoms with Crippen LogP contribution >= 0.6 is 23.2 Å². The highest BCUT2D eigenvalue weighted by molar-refractivity contribution is 7.92. The lowest BCUT2D eigenvalue weighted by molar-refractivity contribution is 0.0951. The average molecular weight is 479 g/mol. The van der Waals surface area contributed by atoms with E-state index in [4.69, 9.17) is 27.9 Å². The molecule has 0 spiro atoms. The molecular formula is C22H20Cl2N2O4S. The Hall–Kier alpha value is -2.74. The molecule has 0 saturated carbocycles. The van der Waals surface area contributed by atoms with Gasteiger partial charge in [0.05, 0.1) is 28.3 Å². The average Bonchev–Trinajstić information content (AvgIpc) is 2.78. The number of nitrogens with zero attached hydrogens (tertiary/aromatic N) is 1. The first-order chi connectivity index (χ1) is 14.7. The molecule has 3 aromatic rings. The number of benzene rings is 3. The van der Waals surface area contributed by atoms with Crippen molar-refractivity contribution in [1.82, 2.24) is 5.32 Å². The molecule has 9 heteroatoms. The van der Waals surface area contributed by atoms with E-state index in [2.05, 4.69) is 5.32 Å². The first-order valence-corrected chi connectivity index (χ1v) is 11.4. The molecule has 0 fully saturated rings. The summed E-state index contributed by atoms with van der Waals surface area (Å²) in [5, 5.41) is 3.49. The van der Waals surface area contributed by atoms with Gasteiger partial charge in [0, 0.05) is 18.6 Å². The lowest BCUT2D eigenvalue weighted by Crippen LogP contribution is -2.27. The van der Waals surface area contributed by atoms with Crippen molar-refractivity contribution in [1.29, 1.82) is 0 Å². The predicted octanol–water partition coefficient (Wildman–Crippen LogP) is 4.76. The minimum absolute atomic E-state index is 0.0492. The number of carbonyl (C=O) groups excluding carboxylic acids is 1. The maximum Gasteiger partial charge on any atom is 0.264 e. The largest absolute Gasteiger partial charge is 0.497 e. The van der Waals surface area contributed by atoms with Crippen LogP contribution < -0.4 is 14.4 Å². The molecule has 0 aliphatic carbocycles. The Bertz CT molecular complexity index is 1180. The molecule has 6 nitrogen and oxygen atoms in total. The Balaban J connectivity index is 1.82. The molecule has 1 N–H and O–H groups in total. The lowest BCUT2D eigenvalue weighted by atomic mass is 10.2. The molecule has 0 bridgehead atoms. The first kappa shape index (κ1) is 22.9. The normalized spacial score (nSPS) is 11.1. The summed E-state index contributed by atoms with van der Waals surface area (Å²) >= 11 is 12.0. The van der Waals surface area contributed by atoms with Gasteiger partial charge in [0.2, 0.25) is 0 Å². The van der Waals surface area contributed by atoms with E-state index in [1.807, 2.05) is 0 Å². The third-order valence-electron chi connectivity index (χ3n) is 4.64. The fraction of sp³-hybridized carbons (Fsp3) is 0.136. The monoisotopic (exact) mass is 478 g/mol. The molecule has 0 heterocycles. The van der Waals surface area contributed by atoms with Crippen LogP contribution in [0.3, 0.4) is 0 Å². The second-order valence-corrected chi connectivity index (χ2v) is 9.43. The number of hydrogen-bond acceptors (Lipinski definition) is 4. The smallest absolute Gasteiger partial charge is 0.264 e. The summed E-state index contributed by atoms with van der Waals surface area (Å²) in [4.78, 5) is 12.6. The Morgan fingerprint density at radius 3 is 2.26 bits per heavy atom. The van der Waals surface area contributed by atoms with Crippen molar-refractivity contribution in [3.05, 3.63) is 87.9 Å². The molecule has 0 unspecified atom stereocenters. The van der Waals surface area contributed by atoms with E-state index in [1.165, 1.54) is 32.4 Å². The molecule has 0 saturated heterocycles. The van der Waals surface area contributed by atoms with Crippen molar-refractivity contribution in [2.45, 2.75) is 11.4 Å². The van der Waals surface area contributed by atoms with Crippen LogP contribution in [-0.4, -0.2) is 28.5 Å². The highest BCUT2D eigenvalue weighted by Gasteiger charge is 2.24. The Morgan fingerprint density at radius 1 is 1.00 bits per heavy atom. The summed E-state index contributed by atoms with van der Waals surface area (Å²) in [5.41, 5.74) is 1.36. The summed E-state index contributed by atoms with van der Waals surface area (Å²) in [5.74, 6) is 0.129. The van der Waals surface area contributed by atoms with Gasteiger partial charge in [-0.25, -0.2) is 8.42 Å². The molecule has 3 rings (SSSR count). The van der Waals surface area contributed by atoms with Gasteiger partial charge in [-0.15, -0.1) is 0 Å². The highest BCUT2D eigenvalue weighted by atomic mass is 35.5. The van der Waals surface area contributed by atoms with Crippen molar-refractivity contribution in [2.24, 2.45) is 0 Å². The van der Waals surface area contributed by atoms with Crippen LogP contribution in [0, 0.1) is 0 Å². The standard InChI is InChI=1S/C22H20Cl2N2O4S/c1-26(17-7-9-18(30-2)10-8-17)31(28,29)19-11-12-21(24)20(13-19)22(27)25-14-15-3-5-16(23)6-4-15/h3-13H,14H2,1-2H3,(H,25,27). The zero-order valence-electron chi connectivity index (χ0n) is 16.8. The fourth-order valence-electron chi connectivity index (χ4n) is 2.81. The Kier molecular flexibility index (Phi) is 7.10. The lowest BCUT2D eigenvalue weighted by Gasteiger charge is -2.20. The van der Waals surface area contributed by atoms with Crippen LogP contribution in [-0.2, 0) is 16.6 Å². The minimum atomic E-state index is -3.92. The molecule has 1 amide bonds. The van der Waals surface area contributed by atoms with Gasteiger partial charge in [-0.1, -0.05) is 35.3 Å². The molecule has 0 radical (unpaired) electrons. The third kappa shape index (κ3) is 5.31. The van der Waals surface area contributed by atoms with E-state index in [9.17, 15) is 13.2 Å². The van der Waals surface area contributed by atoms with Crippen LogP contribution in [0.2, 0.25) is 10.0 Å². The van der Waals surface area contributed by atoms with Crippen molar-refractivity contribution >= 4 is 44.8 Å². The van der Waals surface area contributed by atoms with Crippen molar-refractivity contribution in [3.8, 4) is 5.75 Å². The fourth-order valence-corrected chi connectivity index (χ4v) is 4.36. The van der Waals surface area contributed by atoms with E-state index in [0.717, 1.165) is 9.87 Å². The van der Waals surface area contributed by atoms with Gasteiger partial charge >= 0.3 is 0 Å². The molecular weight excluding hydrogens is 459 g/mol. The van der Waals surface area contributed by atoms with Crippen LogP contribution in [0.25, 0.3) is 0 Å². The van der Waals surface area contributed by atoms with Crippen molar-refractivity contribution < 1.29 is 17.9 Å². The van der Waals surface area contributed by atoms with Gasteiger partial charge in [-0.2, -0.15) is 0 Å². The maximum atomic E-state index is 13.1. The predicted molar refractivity (Wildman–Crippen MR) is 123 cm³/mol. The maximum absolute atomic E-state index is 13.1. The summed E-state index contributed by atoms with van der Waals surface area (Å²) in [7, 11) is -0.950. The molecule has 0 aromatic heterocycles. The van der Waals surface area contributed by atoms with Gasteiger partial charge < -0.3 is 10.1 Å². The zero-order chi connectivity index (χ0) is 22.6. The number of amides is 1. The summed E-state index contributed by atoms with van der Waals surface area (Å²) in [6, 6.07) is 17.6. The van der Waals surface area contributed by atoms with Crippen LogP contribution in [0.5, 0.6) is 5.75 Å². The summed E-state index contributed by atoms with van der Waals surface area (Å²) in [6.07, 6.45) is 0. The Labute approximate surface area is 191 Å². The number of hydrogen-bond donors (Lipinski definition) is 1. The topological polar surface area (TPSA) is 75.7 Å². The highest BCUT2D eigenvalue weighted by Crippen LogP contribution is 2.27. The number of rotatable bonds is 7. The minimum Gasteiger partial charge on any atom is -0.497 e. The SMILES string of the molecule is COc1ccc(N(C)S(=O)(=O)c2ccc(Cl)c(C(=O)NCc3ccc(Cl)cc3)c2)cc1. The van der Waals surface area contributed by atoms with Crippen molar-refractivity contribution in [2.75, 3.05) is 18.5 Å². The molecule has 31 heavy (non-hydrogen) atoms. The third-order valence-corrected chi connectivity index (χ3v) is 7.01. The van der Waals surface area contributed by atoms with Crippen LogP contribution in [0.1, 0.15) is 15.9 Å². The number of carbonyl (C=O) groups is 1. The zero-order valence-corrected chi connectivity index (χ0v) is 19.1. The number of nitrogens with one attached hydrogen (secondary N) is 1.